The lowest BCUT2D eigenvalue weighted by Gasteiger charge is -2.07. The van der Waals surface area contributed by atoms with E-state index in [1.165, 1.54) is 32.2 Å². The number of halogens is 1. The fraction of sp³-hybridized carbons (Fsp3) is 1.00. The summed E-state index contributed by atoms with van der Waals surface area (Å²) in [6.45, 7) is 5.80. The van der Waals surface area contributed by atoms with E-state index in [0.717, 1.165) is 0 Å². The lowest BCUT2D eigenvalue weighted by atomic mass is 10.00. The molecule has 2 N–H and O–H groups in total. The van der Waals surface area contributed by atoms with Crippen molar-refractivity contribution in [2.75, 3.05) is 6.54 Å². The third-order valence-corrected chi connectivity index (χ3v) is 2.36. The van der Waals surface area contributed by atoms with Gasteiger partial charge in [-0.1, -0.05) is 26.7 Å². The third kappa shape index (κ3) is 8.74. The molecule has 0 aliphatic carbocycles. The smallest absolute Gasteiger partial charge is 0.308 e. The normalized spacial score (nSPS) is 25.1. The fourth-order valence-corrected chi connectivity index (χ4v) is 1.24. The molecule has 1 rings (SSSR count). The van der Waals surface area contributed by atoms with Gasteiger partial charge in [0, 0.05) is 22.8 Å². The van der Waals surface area contributed by atoms with Gasteiger partial charge in [0.1, 0.15) is 0 Å². The number of hydrogen-bond acceptors (Lipinski definition) is 3. The van der Waals surface area contributed by atoms with Gasteiger partial charge >= 0.3 is 9.33 Å². The van der Waals surface area contributed by atoms with Crippen LogP contribution in [0.1, 0.15) is 39.5 Å². The Morgan fingerprint density at radius 3 is 2.14 bits per heavy atom. The summed E-state index contributed by atoms with van der Waals surface area (Å²) in [5.41, 5.74) is 0.593. The maximum absolute atomic E-state index is 8.95. The molecule has 6 heteroatoms. The van der Waals surface area contributed by atoms with Gasteiger partial charge in [0.2, 0.25) is 0 Å². The van der Waals surface area contributed by atoms with Crippen molar-refractivity contribution in [2.24, 2.45) is 0 Å². The van der Waals surface area contributed by atoms with E-state index in [4.69, 9.17) is 13.0 Å². The zero-order valence-electron chi connectivity index (χ0n) is 8.59. The van der Waals surface area contributed by atoms with Crippen molar-refractivity contribution in [1.29, 1.82) is 0 Å². The monoisotopic (exact) mass is 243 g/mol. The third-order valence-electron chi connectivity index (χ3n) is 2.36. The highest BCUT2D eigenvalue weighted by Crippen LogP contribution is 2.27. The zero-order valence-corrected chi connectivity index (χ0v) is 10.2. The van der Waals surface area contributed by atoms with Crippen molar-refractivity contribution in [3.63, 3.8) is 0 Å². The van der Waals surface area contributed by atoms with Gasteiger partial charge in [-0.05, 0) is 12.8 Å². The van der Waals surface area contributed by atoms with Gasteiger partial charge in [-0.25, -0.2) is 0 Å². The minimum atomic E-state index is -4.19. The first-order valence-corrected chi connectivity index (χ1v) is 7.01. The van der Waals surface area contributed by atoms with E-state index in [1.54, 1.807) is 0 Å². The molecule has 0 amide bonds. The van der Waals surface area contributed by atoms with Gasteiger partial charge in [-0.3, -0.25) is 4.55 Å². The highest BCUT2D eigenvalue weighted by molar-refractivity contribution is 8.09. The van der Waals surface area contributed by atoms with E-state index < -0.39 is 9.33 Å². The van der Waals surface area contributed by atoms with Crippen LogP contribution in [0.15, 0.2) is 0 Å². The summed E-state index contributed by atoms with van der Waals surface area (Å²) in [6, 6.07) is 0. The molecule has 14 heavy (non-hydrogen) atoms. The van der Waals surface area contributed by atoms with Crippen LogP contribution >= 0.6 is 10.7 Å². The predicted molar refractivity (Wildman–Crippen MR) is 58.0 cm³/mol. The van der Waals surface area contributed by atoms with Crippen LogP contribution in [-0.2, 0) is 9.33 Å². The van der Waals surface area contributed by atoms with Crippen LogP contribution in [0.2, 0.25) is 0 Å². The molecule has 1 atom stereocenters. The van der Waals surface area contributed by atoms with Gasteiger partial charge < -0.3 is 5.32 Å². The second kappa shape index (κ2) is 5.90. The minimum Gasteiger partial charge on any atom is -0.308 e. The molecular formula is C8H18ClNO3S. The quantitative estimate of drug-likeness (QED) is 0.450. The van der Waals surface area contributed by atoms with E-state index in [-0.39, 0.29) is 0 Å². The molecule has 0 aromatic rings. The molecule has 4 nitrogen and oxygen atoms in total. The van der Waals surface area contributed by atoms with Crippen LogP contribution in [0.5, 0.6) is 0 Å². The maximum atomic E-state index is 8.95. The second-order valence-electron chi connectivity index (χ2n) is 3.50. The van der Waals surface area contributed by atoms with E-state index in [0.29, 0.717) is 5.54 Å². The van der Waals surface area contributed by atoms with Gasteiger partial charge in [-0.2, -0.15) is 8.42 Å². The summed E-state index contributed by atoms with van der Waals surface area (Å²) in [5, 5.41) is 3.43. The van der Waals surface area contributed by atoms with Crippen molar-refractivity contribution >= 4 is 20.0 Å². The number of hydrogen-bond donors (Lipinski definition) is 2. The largest absolute Gasteiger partial charge is 0.353 e. The van der Waals surface area contributed by atoms with Gasteiger partial charge in [0.25, 0.3) is 0 Å². The Bertz CT molecular complexity index is 241. The average Bonchev–Trinajstić information content (AvgIpc) is 2.79. The molecule has 0 radical (unpaired) electrons. The molecule has 0 aromatic carbocycles. The van der Waals surface area contributed by atoms with Crippen LogP contribution in [0, 0.1) is 0 Å². The molecule has 86 valence electrons. The number of unbranched alkanes of at least 4 members (excludes halogenated alkanes) is 1. The van der Waals surface area contributed by atoms with Gasteiger partial charge in [0.15, 0.2) is 0 Å². The van der Waals surface area contributed by atoms with Crippen molar-refractivity contribution in [2.45, 2.75) is 45.1 Å². The van der Waals surface area contributed by atoms with E-state index >= 15 is 0 Å². The first-order valence-electron chi connectivity index (χ1n) is 4.75. The Morgan fingerprint density at radius 1 is 1.50 bits per heavy atom. The topological polar surface area (TPSA) is 76.3 Å². The molecule has 0 bridgehead atoms. The molecule has 0 spiro atoms. The van der Waals surface area contributed by atoms with Crippen LogP contribution < -0.4 is 5.32 Å². The number of rotatable bonds is 4. The Hall–Kier alpha value is 0.160. The summed E-state index contributed by atoms with van der Waals surface area (Å²) in [5.74, 6) is 0. The van der Waals surface area contributed by atoms with E-state index in [2.05, 4.69) is 29.8 Å². The lowest BCUT2D eigenvalue weighted by Crippen LogP contribution is -2.12. The molecule has 1 heterocycles. The average molecular weight is 244 g/mol. The van der Waals surface area contributed by atoms with Crippen LogP contribution in [0.25, 0.3) is 0 Å². The fourth-order valence-electron chi connectivity index (χ4n) is 1.24. The Morgan fingerprint density at radius 2 is 1.93 bits per heavy atom. The molecular weight excluding hydrogens is 226 g/mol. The predicted octanol–water partition coefficient (Wildman–Crippen LogP) is 1.96. The first-order chi connectivity index (χ1) is 6.33. The summed E-state index contributed by atoms with van der Waals surface area (Å²) in [6.07, 6.45) is 5.43. The summed E-state index contributed by atoms with van der Waals surface area (Å²) in [4.78, 5) is 0. The molecule has 0 unspecified atom stereocenters. The van der Waals surface area contributed by atoms with Crippen molar-refractivity contribution in [1.82, 2.24) is 5.32 Å². The van der Waals surface area contributed by atoms with Crippen LogP contribution in [0.3, 0.4) is 0 Å². The van der Waals surface area contributed by atoms with Crippen molar-refractivity contribution < 1.29 is 13.0 Å². The van der Waals surface area contributed by atoms with Gasteiger partial charge in [-0.15, -0.1) is 0 Å². The molecule has 0 aromatic heterocycles. The molecule has 0 saturated carbocycles. The zero-order chi connectivity index (χ0) is 11.2. The van der Waals surface area contributed by atoms with Crippen molar-refractivity contribution in [3.05, 3.63) is 0 Å². The minimum absolute atomic E-state index is 0.593. The van der Waals surface area contributed by atoms with Crippen LogP contribution in [-0.4, -0.2) is 25.1 Å². The second-order valence-corrected chi connectivity index (χ2v) is 5.50. The summed E-state index contributed by atoms with van der Waals surface area (Å²) < 4.78 is 25.2. The number of nitrogens with one attached hydrogen (secondary N) is 1. The lowest BCUT2D eigenvalue weighted by molar-refractivity contribution is 0.501. The highest BCUT2D eigenvalue weighted by atomic mass is 35.7. The molecule has 1 saturated heterocycles. The first kappa shape index (κ1) is 14.2. The summed E-state index contributed by atoms with van der Waals surface area (Å²) in [7, 11) is -0.137. The molecule has 1 aliphatic rings. The Kier molecular flexibility index (Phi) is 5.97. The SMILES string of the molecule is CCCC[C@]1(CC)CN1.O=S(=O)(O)Cl. The standard InChI is InChI=1S/C8H17N.ClHO3S/c1-3-5-6-8(4-2)7-9-8;1-5(2,3)4/h9H,3-7H2,1-2H3;(H,2,3,4)/t8-;/m1./s1. The van der Waals surface area contributed by atoms with E-state index in [1.807, 2.05) is 0 Å². The van der Waals surface area contributed by atoms with Gasteiger partial charge in [0.05, 0.1) is 0 Å². The molecule has 1 aliphatic heterocycles. The Labute approximate surface area is 90.3 Å². The summed E-state index contributed by atoms with van der Waals surface area (Å²) >= 11 is 0. The Balaban J connectivity index is 0.000000292. The molecule has 1 fully saturated rings. The van der Waals surface area contributed by atoms with Crippen molar-refractivity contribution in [3.8, 4) is 0 Å². The van der Waals surface area contributed by atoms with E-state index in [9.17, 15) is 0 Å². The highest BCUT2D eigenvalue weighted by Gasteiger charge is 2.38. The van der Waals surface area contributed by atoms with Crippen LogP contribution in [0.4, 0.5) is 0 Å². The maximum Gasteiger partial charge on any atom is 0.353 e.